The van der Waals surface area contributed by atoms with E-state index in [0.717, 1.165) is 11.8 Å². The average molecular weight is 175 g/mol. The number of Topliss-reactive ketones (excluding diaryl/α,β-unsaturated/α-hetero) is 1. The maximum Gasteiger partial charge on any atom is 0.244 e. The summed E-state index contributed by atoms with van der Waals surface area (Å²) >= 11 is 0.931. The number of ketones is 1. The number of nitrogens with zero attached hydrogens (tertiary/aromatic N) is 1. The third kappa shape index (κ3) is 3.18. The van der Waals surface area contributed by atoms with Crippen LogP contribution in [-0.2, 0) is 14.4 Å². The second-order valence-corrected chi connectivity index (χ2v) is 2.45. The Morgan fingerprint density at radius 3 is 2.27 bits per heavy atom. The topological polar surface area (TPSA) is 55.7 Å². The fourth-order valence-corrected chi connectivity index (χ4v) is 0.808. The summed E-state index contributed by atoms with van der Waals surface area (Å²) in [6.45, 7) is 1.27. The lowest BCUT2D eigenvalue weighted by molar-refractivity contribution is -0.113. The second-order valence-electron chi connectivity index (χ2n) is 1.67. The highest BCUT2D eigenvalue weighted by Crippen LogP contribution is 1.98. The number of hydrogen-bond donors (Lipinski definition) is 0. The summed E-state index contributed by atoms with van der Waals surface area (Å²) in [4.78, 5) is 25.9. The molecule has 0 aromatic heterocycles. The molecule has 11 heavy (non-hydrogen) atoms. The molecule has 0 amide bonds. The molecule has 0 spiro atoms. The Morgan fingerprint density at radius 1 is 1.45 bits per heavy atom. The van der Waals surface area contributed by atoms with E-state index in [1.165, 1.54) is 14.0 Å². The second kappa shape index (κ2) is 4.90. The first-order valence-corrected chi connectivity index (χ1v) is 4.06. The number of carbonyl (C=O) groups excluding carboxylic acids is 2. The van der Waals surface area contributed by atoms with Gasteiger partial charge in [0.15, 0.2) is 11.5 Å². The minimum Gasteiger partial charge on any atom is -0.398 e. The zero-order chi connectivity index (χ0) is 8.85. The molecule has 0 fully saturated rings. The van der Waals surface area contributed by atoms with E-state index in [9.17, 15) is 9.59 Å². The summed E-state index contributed by atoms with van der Waals surface area (Å²) in [6.07, 6.45) is 1.58. The molecule has 0 heterocycles. The maximum atomic E-state index is 10.9. The van der Waals surface area contributed by atoms with Crippen molar-refractivity contribution in [3.05, 3.63) is 0 Å². The van der Waals surface area contributed by atoms with Crippen molar-refractivity contribution in [2.75, 3.05) is 13.4 Å². The summed E-state index contributed by atoms with van der Waals surface area (Å²) in [7, 11) is 1.29. The zero-order valence-electron chi connectivity index (χ0n) is 6.58. The van der Waals surface area contributed by atoms with Gasteiger partial charge in [-0.05, 0) is 6.26 Å². The van der Waals surface area contributed by atoms with Crippen molar-refractivity contribution in [3.63, 3.8) is 0 Å². The highest BCUT2D eigenvalue weighted by molar-refractivity contribution is 8.15. The smallest absolute Gasteiger partial charge is 0.244 e. The fourth-order valence-electron chi connectivity index (χ4n) is 0.433. The molecule has 0 aromatic rings. The van der Waals surface area contributed by atoms with Crippen LogP contribution in [0.25, 0.3) is 0 Å². The Kier molecular flexibility index (Phi) is 4.52. The van der Waals surface area contributed by atoms with Crippen molar-refractivity contribution in [2.45, 2.75) is 6.92 Å². The third-order valence-electron chi connectivity index (χ3n) is 0.895. The number of hydrogen-bond acceptors (Lipinski definition) is 5. The monoisotopic (exact) mass is 175 g/mol. The van der Waals surface area contributed by atoms with Gasteiger partial charge in [0.05, 0.1) is 0 Å². The first kappa shape index (κ1) is 10.2. The van der Waals surface area contributed by atoms with Crippen molar-refractivity contribution >= 4 is 28.4 Å². The normalized spacial score (nSPS) is 11.0. The maximum absolute atomic E-state index is 10.9. The molecule has 0 atom stereocenters. The lowest BCUT2D eigenvalue weighted by atomic mass is 10.3. The summed E-state index contributed by atoms with van der Waals surface area (Å²) < 4.78 is 0. The van der Waals surface area contributed by atoms with Gasteiger partial charge in [0.25, 0.3) is 0 Å². The predicted octanol–water partition coefficient (Wildman–Crippen LogP) is 0.467. The minimum atomic E-state index is -0.383. The van der Waals surface area contributed by atoms with E-state index in [-0.39, 0.29) is 16.6 Å². The van der Waals surface area contributed by atoms with Crippen LogP contribution in [0.4, 0.5) is 0 Å². The molecule has 0 aliphatic rings. The van der Waals surface area contributed by atoms with E-state index in [0.29, 0.717) is 0 Å². The van der Waals surface area contributed by atoms with Gasteiger partial charge in [-0.3, -0.25) is 9.59 Å². The number of thioether (sulfide) groups is 1. The molecule has 62 valence electrons. The number of rotatable bonds is 3. The Bertz CT molecular complexity index is 200. The van der Waals surface area contributed by atoms with Crippen LogP contribution in [0, 0.1) is 0 Å². The van der Waals surface area contributed by atoms with Crippen molar-refractivity contribution in [1.82, 2.24) is 0 Å². The quantitative estimate of drug-likeness (QED) is 0.355. The van der Waals surface area contributed by atoms with Gasteiger partial charge >= 0.3 is 0 Å². The molecule has 0 aliphatic carbocycles. The van der Waals surface area contributed by atoms with Crippen LogP contribution in [0.2, 0.25) is 0 Å². The molecule has 0 saturated carbocycles. The summed E-state index contributed by atoms with van der Waals surface area (Å²) in [5.74, 6) is -0.383. The van der Waals surface area contributed by atoms with Gasteiger partial charge < -0.3 is 4.84 Å². The van der Waals surface area contributed by atoms with Crippen LogP contribution in [0.3, 0.4) is 0 Å². The van der Waals surface area contributed by atoms with Crippen molar-refractivity contribution in [3.8, 4) is 0 Å². The van der Waals surface area contributed by atoms with Crippen LogP contribution >= 0.6 is 11.8 Å². The molecule has 4 nitrogen and oxygen atoms in total. The first-order chi connectivity index (χ1) is 5.13. The van der Waals surface area contributed by atoms with Crippen LogP contribution in [0.15, 0.2) is 5.16 Å². The van der Waals surface area contributed by atoms with Crippen molar-refractivity contribution in [1.29, 1.82) is 0 Å². The Balaban J connectivity index is 4.48. The van der Waals surface area contributed by atoms with Gasteiger partial charge in [0.1, 0.15) is 7.11 Å². The predicted molar refractivity (Wildman–Crippen MR) is 43.6 cm³/mol. The molecule has 0 N–H and O–H groups in total. The van der Waals surface area contributed by atoms with E-state index in [1.54, 1.807) is 6.26 Å². The van der Waals surface area contributed by atoms with Crippen LogP contribution in [0.5, 0.6) is 0 Å². The van der Waals surface area contributed by atoms with E-state index >= 15 is 0 Å². The molecule has 0 rings (SSSR count). The average Bonchev–Trinajstić information content (AvgIpc) is 1.98. The van der Waals surface area contributed by atoms with Crippen LogP contribution in [-0.4, -0.2) is 30.0 Å². The lowest BCUT2D eigenvalue weighted by Gasteiger charge is -1.95. The van der Waals surface area contributed by atoms with Crippen molar-refractivity contribution in [2.24, 2.45) is 5.16 Å². The molecule has 0 bridgehead atoms. The standard InChI is InChI=1S/C6H9NO3S/c1-4(8)5(7-10-2)6(9)11-3/h1-3H3. The van der Waals surface area contributed by atoms with Crippen LogP contribution in [0.1, 0.15) is 6.92 Å². The van der Waals surface area contributed by atoms with E-state index < -0.39 is 0 Å². The molecular weight excluding hydrogens is 166 g/mol. The number of carbonyl (C=O) groups is 2. The van der Waals surface area contributed by atoms with Gasteiger partial charge in [-0.25, -0.2) is 0 Å². The Morgan fingerprint density at radius 2 is 2.00 bits per heavy atom. The van der Waals surface area contributed by atoms with E-state index in [2.05, 4.69) is 9.99 Å². The molecule has 0 saturated heterocycles. The van der Waals surface area contributed by atoms with Gasteiger partial charge in [0.2, 0.25) is 5.12 Å². The molecular formula is C6H9NO3S. The Labute approximate surface area is 69.0 Å². The zero-order valence-corrected chi connectivity index (χ0v) is 7.40. The third-order valence-corrected chi connectivity index (χ3v) is 1.46. The highest BCUT2D eigenvalue weighted by Gasteiger charge is 2.15. The van der Waals surface area contributed by atoms with Crippen LogP contribution < -0.4 is 0 Å². The van der Waals surface area contributed by atoms with Gasteiger partial charge in [-0.1, -0.05) is 16.9 Å². The van der Waals surface area contributed by atoms with Gasteiger partial charge in [-0.2, -0.15) is 0 Å². The van der Waals surface area contributed by atoms with E-state index in [1.807, 2.05) is 0 Å². The van der Waals surface area contributed by atoms with Gasteiger partial charge in [0, 0.05) is 6.92 Å². The van der Waals surface area contributed by atoms with Gasteiger partial charge in [-0.15, -0.1) is 0 Å². The molecule has 0 aromatic carbocycles. The minimum absolute atomic E-state index is 0.153. The fraction of sp³-hybridized carbons (Fsp3) is 0.500. The van der Waals surface area contributed by atoms with Crippen molar-refractivity contribution < 1.29 is 14.4 Å². The first-order valence-electron chi connectivity index (χ1n) is 2.84. The summed E-state index contributed by atoms with van der Waals surface area (Å²) in [5.41, 5.74) is -0.153. The number of oxime groups is 1. The molecule has 0 radical (unpaired) electrons. The van der Waals surface area contributed by atoms with E-state index in [4.69, 9.17) is 0 Å². The summed E-state index contributed by atoms with van der Waals surface area (Å²) in [5, 5.41) is 2.92. The largest absolute Gasteiger partial charge is 0.398 e. The molecule has 0 unspecified atom stereocenters. The summed E-state index contributed by atoms with van der Waals surface area (Å²) in [6, 6.07) is 0. The lowest BCUT2D eigenvalue weighted by Crippen LogP contribution is -2.19. The SMILES string of the molecule is CON=C(C(C)=O)C(=O)SC. The molecule has 5 heteroatoms. The Hall–Kier alpha value is -0.840. The highest BCUT2D eigenvalue weighted by atomic mass is 32.2. The molecule has 0 aliphatic heterocycles.